The molecule has 0 saturated heterocycles. The number of carbonyl (C=O) groups excluding carboxylic acids is 1. The largest absolute Gasteiger partial charge is 0.351 e. The van der Waals surface area contributed by atoms with Gasteiger partial charge in [0, 0.05) is 18.3 Å². The van der Waals surface area contributed by atoms with E-state index in [2.05, 4.69) is 15.5 Å². The molecule has 5 nitrogen and oxygen atoms in total. The highest BCUT2D eigenvalue weighted by molar-refractivity contribution is 5.81. The molecule has 1 rings (SSSR count). The molecule has 1 heterocycles. The highest BCUT2D eigenvalue weighted by atomic mass is 16.2. The molecule has 0 saturated carbocycles. The molecule has 1 aromatic heterocycles. The maximum absolute atomic E-state index is 11.6. The van der Waals surface area contributed by atoms with Crippen molar-refractivity contribution < 1.29 is 4.79 Å². The minimum absolute atomic E-state index is 0.106. The standard InChI is InChI=1S/C10H18N4O/c1-3-7(2)9(11)10(15)12-4-8-5-13-14-6-8/h5-7,9H,3-4,11H2,1-2H3,(H,12,15)(H,13,14)/t7?,9-/m0/s1. The van der Waals surface area contributed by atoms with Gasteiger partial charge in [-0.2, -0.15) is 5.10 Å². The normalized spacial score (nSPS) is 14.6. The molecular formula is C10H18N4O. The second kappa shape index (κ2) is 5.50. The van der Waals surface area contributed by atoms with Crippen LogP contribution in [-0.4, -0.2) is 22.1 Å². The molecule has 0 aliphatic rings. The zero-order valence-corrected chi connectivity index (χ0v) is 9.16. The summed E-state index contributed by atoms with van der Waals surface area (Å²) in [6, 6.07) is -0.429. The second-order valence-electron chi connectivity index (χ2n) is 3.74. The quantitative estimate of drug-likeness (QED) is 0.657. The summed E-state index contributed by atoms with van der Waals surface area (Å²) in [5.74, 6) is 0.0971. The Morgan fingerprint density at radius 1 is 1.73 bits per heavy atom. The lowest BCUT2D eigenvalue weighted by Gasteiger charge is -2.17. The van der Waals surface area contributed by atoms with Gasteiger partial charge in [0.15, 0.2) is 0 Å². The van der Waals surface area contributed by atoms with Crippen molar-refractivity contribution in [3.05, 3.63) is 18.0 Å². The topological polar surface area (TPSA) is 83.8 Å². The zero-order chi connectivity index (χ0) is 11.3. The summed E-state index contributed by atoms with van der Waals surface area (Å²) < 4.78 is 0. The number of H-pyrrole nitrogens is 1. The van der Waals surface area contributed by atoms with Gasteiger partial charge in [-0.15, -0.1) is 0 Å². The monoisotopic (exact) mass is 210 g/mol. The molecule has 0 aliphatic heterocycles. The molecule has 1 amide bonds. The third kappa shape index (κ3) is 3.36. The third-order valence-corrected chi connectivity index (χ3v) is 2.58. The zero-order valence-electron chi connectivity index (χ0n) is 9.16. The van der Waals surface area contributed by atoms with Crippen molar-refractivity contribution in [3.63, 3.8) is 0 Å². The number of amides is 1. The van der Waals surface area contributed by atoms with Crippen LogP contribution in [0.2, 0.25) is 0 Å². The lowest BCUT2D eigenvalue weighted by molar-refractivity contribution is -0.123. The first kappa shape index (κ1) is 11.7. The van der Waals surface area contributed by atoms with Crippen LogP contribution in [0.25, 0.3) is 0 Å². The Kier molecular flexibility index (Phi) is 4.30. The van der Waals surface area contributed by atoms with Crippen molar-refractivity contribution in [2.75, 3.05) is 0 Å². The number of nitrogens with one attached hydrogen (secondary N) is 2. The molecule has 1 aromatic rings. The van der Waals surface area contributed by atoms with E-state index in [1.165, 1.54) is 0 Å². The summed E-state index contributed by atoms with van der Waals surface area (Å²) in [4.78, 5) is 11.6. The van der Waals surface area contributed by atoms with Crippen LogP contribution >= 0.6 is 0 Å². The Hall–Kier alpha value is -1.36. The van der Waals surface area contributed by atoms with E-state index in [9.17, 15) is 4.79 Å². The molecule has 0 aliphatic carbocycles. The number of rotatable bonds is 5. The van der Waals surface area contributed by atoms with Gasteiger partial charge in [-0.1, -0.05) is 20.3 Å². The number of carbonyl (C=O) groups is 1. The fourth-order valence-electron chi connectivity index (χ4n) is 1.19. The molecule has 0 fully saturated rings. The number of hydrogen-bond donors (Lipinski definition) is 3. The van der Waals surface area contributed by atoms with Gasteiger partial charge in [0.25, 0.3) is 0 Å². The van der Waals surface area contributed by atoms with E-state index in [-0.39, 0.29) is 11.8 Å². The summed E-state index contributed by atoms with van der Waals surface area (Å²) >= 11 is 0. The molecule has 0 spiro atoms. The Morgan fingerprint density at radius 3 is 3.00 bits per heavy atom. The van der Waals surface area contributed by atoms with E-state index < -0.39 is 6.04 Å². The minimum Gasteiger partial charge on any atom is -0.351 e. The summed E-state index contributed by atoms with van der Waals surface area (Å²) in [5, 5.41) is 9.25. The van der Waals surface area contributed by atoms with Crippen molar-refractivity contribution in [3.8, 4) is 0 Å². The van der Waals surface area contributed by atoms with Crippen LogP contribution in [0, 0.1) is 5.92 Å². The van der Waals surface area contributed by atoms with E-state index in [1.54, 1.807) is 12.4 Å². The lowest BCUT2D eigenvalue weighted by atomic mass is 9.99. The molecule has 0 radical (unpaired) electrons. The Morgan fingerprint density at radius 2 is 2.47 bits per heavy atom. The van der Waals surface area contributed by atoms with Gasteiger partial charge < -0.3 is 11.1 Å². The van der Waals surface area contributed by atoms with Crippen molar-refractivity contribution in [1.82, 2.24) is 15.5 Å². The predicted molar refractivity (Wildman–Crippen MR) is 57.9 cm³/mol. The van der Waals surface area contributed by atoms with Crippen LogP contribution in [0.5, 0.6) is 0 Å². The van der Waals surface area contributed by atoms with E-state index in [0.29, 0.717) is 6.54 Å². The molecular weight excluding hydrogens is 192 g/mol. The first-order valence-electron chi connectivity index (χ1n) is 5.16. The van der Waals surface area contributed by atoms with Gasteiger partial charge in [-0.3, -0.25) is 9.89 Å². The highest BCUT2D eigenvalue weighted by Crippen LogP contribution is 2.05. The molecule has 5 heteroatoms. The van der Waals surface area contributed by atoms with Gasteiger partial charge in [0.05, 0.1) is 12.2 Å². The van der Waals surface area contributed by atoms with E-state index in [4.69, 9.17) is 5.73 Å². The number of aromatic amines is 1. The van der Waals surface area contributed by atoms with Crippen LogP contribution in [0.4, 0.5) is 0 Å². The molecule has 2 atom stereocenters. The van der Waals surface area contributed by atoms with Crippen LogP contribution in [-0.2, 0) is 11.3 Å². The van der Waals surface area contributed by atoms with Crippen LogP contribution in [0.1, 0.15) is 25.8 Å². The van der Waals surface area contributed by atoms with Crippen molar-refractivity contribution >= 4 is 5.91 Å². The van der Waals surface area contributed by atoms with E-state index >= 15 is 0 Å². The van der Waals surface area contributed by atoms with E-state index in [1.807, 2.05) is 13.8 Å². The average molecular weight is 210 g/mol. The smallest absolute Gasteiger partial charge is 0.237 e. The van der Waals surface area contributed by atoms with Gasteiger partial charge >= 0.3 is 0 Å². The predicted octanol–water partition coefficient (Wildman–Crippen LogP) is 0.399. The maximum atomic E-state index is 11.6. The molecule has 84 valence electrons. The first-order chi connectivity index (χ1) is 7.15. The summed E-state index contributed by atoms with van der Waals surface area (Å²) in [5.41, 5.74) is 6.72. The SMILES string of the molecule is CCC(C)[C@H](N)C(=O)NCc1cn[nH]c1. The van der Waals surface area contributed by atoms with Gasteiger partial charge in [-0.05, 0) is 5.92 Å². The van der Waals surface area contributed by atoms with Gasteiger partial charge in [0.1, 0.15) is 0 Å². The molecule has 0 aromatic carbocycles. The van der Waals surface area contributed by atoms with Crippen molar-refractivity contribution in [1.29, 1.82) is 0 Å². The summed E-state index contributed by atoms with van der Waals surface area (Å²) in [7, 11) is 0. The summed E-state index contributed by atoms with van der Waals surface area (Å²) in [6.45, 7) is 4.47. The average Bonchev–Trinajstić information content (AvgIpc) is 2.76. The Bertz CT molecular complexity index is 296. The highest BCUT2D eigenvalue weighted by Gasteiger charge is 2.18. The van der Waals surface area contributed by atoms with Gasteiger partial charge in [-0.25, -0.2) is 0 Å². The maximum Gasteiger partial charge on any atom is 0.237 e. The number of hydrogen-bond acceptors (Lipinski definition) is 3. The van der Waals surface area contributed by atoms with Crippen molar-refractivity contribution in [2.24, 2.45) is 11.7 Å². The Balaban J connectivity index is 2.36. The number of aromatic nitrogens is 2. The fourth-order valence-corrected chi connectivity index (χ4v) is 1.19. The van der Waals surface area contributed by atoms with Gasteiger partial charge in [0.2, 0.25) is 5.91 Å². The van der Waals surface area contributed by atoms with Crippen LogP contribution in [0.3, 0.4) is 0 Å². The Labute approximate surface area is 89.4 Å². The molecule has 1 unspecified atom stereocenters. The molecule has 4 N–H and O–H groups in total. The minimum atomic E-state index is -0.429. The molecule has 15 heavy (non-hydrogen) atoms. The van der Waals surface area contributed by atoms with Crippen LogP contribution in [0.15, 0.2) is 12.4 Å². The fraction of sp³-hybridized carbons (Fsp3) is 0.600. The van der Waals surface area contributed by atoms with Crippen LogP contribution < -0.4 is 11.1 Å². The summed E-state index contributed by atoms with van der Waals surface area (Å²) in [6.07, 6.45) is 4.32. The second-order valence-corrected chi connectivity index (χ2v) is 3.74. The van der Waals surface area contributed by atoms with E-state index in [0.717, 1.165) is 12.0 Å². The number of nitrogens with zero attached hydrogens (tertiary/aromatic N) is 1. The first-order valence-corrected chi connectivity index (χ1v) is 5.16. The lowest BCUT2D eigenvalue weighted by Crippen LogP contribution is -2.44. The van der Waals surface area contributed by atoms with Crippen molar-refractivity contribution in [2.45, 2.75) is 32.9 Å². The molecule has 0 bridgehead atoms. The third-order valence-electron chi connectivity index (χ3n) is 2.58. The number of nitrogens with two attached hydrogens (primary N) is 1.